The number of rotatable bonds is 5. The fourth-order valence-corrected chi connectivity index (χ4v) is 4.32. The standard InChI is InChI=1S/C21H19N3O4S/c1-28-18-4-6-19(7-5-18)29(26,27)23-17-3-2-15-10-13-24(20(15)14-17)21(25)16-8-11-22-12-9-16/h2-9,11-12,14,23H,10,13H2,1H3. The molecule has 0 atom stereocenters. The molecule has 0 radical (unpaired) electrons. The summed E-state index contributed by atoms with van der Waals surface area (Å²) in [6.45, 7) is 0.547. The van der Waals surface area contributed by atoms with Crippen molar-refractivity contribution in [2.75, 3.05) is 23.3 Å². The molecule has 3 aromatic rings. The van der Waals surface area contributed by atoms with Gasteiger partial charge in [-0.2, -0.15) is 0 Å². The highest BCUT2D eigenvalue weighted by atomic mass is 32.2. The Morgan fingerprint density at radius 2 is 1.79 bits per heavy atom. The minimum absolute atomic E-state index is 0.128. The smallest absolute Gasteiger partial charge is 0.261 e. The first-order valence-corrected chi connectivity index (χ1v) is 10.5. The number of amides is 1. The van der Waals surface area contributed by atoms with Gasteiger partial charge in [0.25, 0.3) is 15.9 Å². The Morgan fingerprint density at radius 3 is 2.48 bits per heavy atom. The second kappa shape index (κ2) is 7.56. The molecule has 0 saturated carbocycles. The number of hydrogen-bond acceptors (Lipinski definition) is 5. The highest BCUT2D eigenvalue weighted by molar-refractivity contribution is 7.92. The Balaban J connectivity index is 1.60. The lowest BCUT2D eigenvalue weighted by molar-refractivity contribution is 0.0989. The van der Waals surface area contributed by atoms with Crippen LogP contribution in [0.5, 0.6) is 5.75 Å². The van der Waals surface area contributed by atoms with Crippen LogP contribution in [0, 0.1) is 0 Å². The number of pyridine rings is 1. The normalized spacial score (nSPS) is 13.1. The summed E-state index contributed by atoms with van der Waals surface area (Å²) in [5.41, 5.74) is 2.65. The van der Waals surface area contributed by atoms with Crippen molar-refractivity contribution in [2.45, 2.75) is 11.3 Å². The Morgan fingerprint density at radius 1 is 1.07 bits per heavy atom. The molecule has 4 rings (SSSR count). The molecule has 148 valence electrons. The Kier molecular flexibility index (Phi) is 4.94. The maximum atomic E-state index is 12.8. The van der Waals surface area contributed by atoms with Crippen LogP contribution in [0.1, 0.15) is 15.9 Å². The van der Waals surface area contributed by atoms with Crippen LogP contribution in [0.15, 0.2) is 71.9 Å². The molecule has 0 saturated heterocycles. The van der Waals surface area contributed by atoms with Gasteiger partial charge in [-0.1, -0.05) is 6.07 Å². The number of carbonyl (C=O) groups excluding carboxylic acids is 1. The molecular formula is C21H19N3O4S. The maximum absolute atomic E-state index is 12.8. The van der Waals surface area contributed by atoms with E-state index in [-0.39, 0.29) is 10.8 Å². The van der Waals surface area contributed by atoms with Crippen LogP contribution >= 0.6 is 0 Å². The average molecular weight is 409 g/mol. The number of methoxy groups -OCH3 is 1. The number of anilines is 2. The summed E-state index contributed by atoms with van der Waals surface area (Å²) in [5.74, 6) is 0.438. The predicted molar refractivity (Wildman–Crippen MR) is 110 cm³/mol. The van der Waals surface area contributed by atoms with Crippen LogP contribution < -0.4 is 14.4 Å². The van der Waals surface area contributed by atoms with Crippen molar-refractivity contribution in [2.24, 2.45) is 0 Å². The quantitative estimate of drug-likeness (QED) is 0.700. The topological polar surface area (TPSA) is 88.6 Å². The Labute approximate surface area is 169 Å². The van der Waals surface area contributed by atoms with Gasteiger partial charge in [-0.3, -0.25) is 14.5 Å². The fraction of sp³-hybridized carbons (Fsp3) is 0.143. The lowest BCUT2D eigenvalue weighted by Gasteiger charge is -2.18. The molecule has 1 amide bonds. The second-order valence-corrected chi connectivity index (χ2v) is 8.25. The SMILES string of the molecule is COc1ccc(S(=O)(=O)Nc2ccc3c(c2)N(C(=O)c2ccncc2)CC3)cc1. The van der Waals surface area contributed by atoms with E-state index in [1.807, 2.05) is 6.07 Å². The molecule has 2 aromatic carbocycles. The highest BCUT2D eigenvalue weighted by Crippen LogP contribution is 2.32. The summed E-state index contributed by atoms with van der Waals surface area (Å²) < 4.78 is 33.0. The van der Waals surface area contributed by atoms with E-state index in [1.165, 1.54) is 19.2 Å². The molecule has 0 aliphatic carbocycles. The number of ether oxygens (including phenoxy) is 1. The number of nitrogens with one attached hydrogen (secondary N) is 1. The molecule has 8 heteroatoms. The van der Waals surface area contributed by atoms with Gasteiger partial charge in [-0.05, 0) is 60.5 Å². The van der Waals surface area contributed by atoms with Crippen molar-refractivity contribution >= 4 is 27.3 Å². The number of aromatic nitrogens is 1. The van der Waals surface area contributed by atoms with Gasteiger partial charge in [0.15, 0.2) is 0 Å². The van der Waals surface area contributed by atoms with Crippen LogP contribution in [0.2, 0.25) is 0 Å². The summed E-state index contributed by atoms with van der Waals surface area (Å²) in [5, 5.41) is 0. The van der Waals surface area contributed by atoms with Gasteiger partial charge in [-0.15, -0.1) is 0 Å². The summed E-state index contributed by atoms with van der Waals surface area (Å²) in [7, 11) is -2.24. The first-order valence-electron chi connectivity index (χ1n) is 8.99. The van der Waals surface area contributed by atoms with Crippen LogP contribution in [0.3, 0.4) is 0 Å². The average Bonchev–Trinajstić information content (AvgIpc) is 3.17. The molecule has 7 nitrogen and oxygen atoms in total. The van der Waals surface area contributed by atoms with Gasteiger partial charge < -0.3 is 9.64 Å². The van der Waals surface area contributed by atoms with E-state index in [4.69, 9.17) is 4.74 Å². The first-order chi connectivity index (χ1) is 14.0. The van der Waals surface area contributed by atoms with Crippen molar-refractivity contribution in [1.29, 1.82) is 0 Å². The van der Waals surface area contributed by atoms with E-state index < -0.39 is 10.0 Å². The van der Waals surface area contributed by atoms with Crippen molar-refractivity contribution < 1.29 is 17.9 Å². The third-order valence-corrected chi connectivity index (χ3v) is 6.17. The van der Waals surface area contributed by atoms with E-state index in [0.717, 1.165) is 12.0 Å². The van der Waals surface area contributed by atoms with Gasteiger partial charge in [-0.25, -0.2) is 8.42 Å². The summed E-state index contributed by atoms with van der Waals surface area (Å²) >= 11 is 0. The van der Waals surface area contributed by atoms with Crippen molar-refractivity contribution in [1.82, 2.24) is 4.98 Å². The monoisotopic (exact) mass is 409 g/mol. The van der Waals surface area contributed by atoms with Crippen molar-refractivity contribution in [3.63, 3.8) is 0 Å². The predicted octanol–water partition coefficient (Wildman–Crippen LogP) is 3.09. The van der Waals surface area contributed by atoms with Crippen molar-refractivity contribution in [3.8, 4) is 5.75 Å². The zero-order valence-corrected chi connectivity index (χ0v) is 16.5. The number of fused-ring (bicyclic) bond motifs is 1. The van der Waals surface area contributed by atoms with Gasteiger partial charge in [0, 0.05) is 30.2 Å². The Hall–Kier alpha value is -3.39. The molecule has 29 heavy (non-hydrogen) atoms. The van der Waals surface area contributed by atoms with Crippen molar-refractivity contribution in [3.05, 3.63) is 78.1 Å². The van der Waals surface area contributed by atoms with E-state index in [9.17, 15) is 13.2 Å². The molecule has 1 aliphatic rings. The minimum Gasteiger partial charge on any atom is -0.497 e. The van der Waals surface area contributed by atoms with Crippen LogP contribution in [0.25, 0.3) is 0 Å². The lowest BCUT2D eigenvalue weighted by Crippen LogP contribution is -2.28. The number of nitrogens with zero attached hydrogens (tertiary/aromatic N) is 2. The first kappa shape index (κ1) is 18.9. The molecular weight excluding hydrogens is 390 g/mol. The summed E-state index contributed by atoms with van der Waals surface area (Å²) in [6.07, 6.45) is 3.87. The molecule has 2 heterocycles. The van der Waals surface area contributed by atoms with Crippen LogP contribution in [-0.4, -0.2) is 33.0 Å². The summed E-state index contributed by atoms with van der Waals surface area (Å²) in [4.78, 5) is 18.6. The molecule has 1 N–H and O–H groups in total. The molecule has 1 aromatic heterocycles. The number of benzene rings is 2. The second-order valence-electron chi connectivity index (χ2n) is 6.57. The van der Waals surface area contributed by atoms with E-state index in [1.54, 1.807) is 53.7 Å². The number of hydrogen-bond donors (Lipinski definition) is 1. The van der Waals surface area contributed by atoms with E-state index >= 15 is 0 Å². The summed E-state index contributed by atoms with van der Waals surface area (Å²) in [6, 6.07) is 14.7. The highest BCUT2D eigenvalue weighted by Gasteiger charge is 2.26. The van der Waals surface area contributed by atoms with Gasteiger partial charge in [0.2, 0.25) is 0 Å². The Bertz CT molecular complexity index is 1150. The van der Waals surface area contributed by atoms with Gasteiger partial charge in [0.1, 0.15) is 5.75 Å². The molecule has 0 unspecified atom stereocenters. The van der Waals surface area contributed by atoms with Gasteiger partial charge >= 0.3 is 0 Å². The fourth-order valence-electron chi connectivity index (χ4n) is 3.27. The van der Waals surface area contributed by atoms with E-state index in [2.05, 4.69) is 9.71 Å². The zero-order chi connectivity index (χ0) is 20.4. The lowest BCUT2D eigenvalue weighted by atomic mass is 10.1. The van der Waals surface area contributed by atoms with E-state index in [0.29, 0.717) is 29.2 Å². The number of carbonyl (C=O) groups is 1. The zero-order valence-electron chi connectivity index (χ0n) is 15.7. The molecule has 0 fully saturated rings. The largest absolute Gasteiger partial charge is 0.497 e. The van der Waals surface area contributed by atoms with Gasteiger partial charge in [0.05, 0.1) is 17.7 Å². The van der Waals surface area contributed by atoms with Crippen LogP contribution in [0.4, 0.5) is 11.4 Å². The third kappa shape index (κ3) is 3.79. The molecule has 1 aliphatic heterocycles. The third-order valence-electron chi connectivity index (χ3n) is 4.78. The van der Waals surface area contributed by atoms with Crippen LogP contribution in [-0.2, 0) is 16.4 Å². The minimum atomic E-state index is -3.76. The molecule has 0 spiro atoms. The number of sulfonamides is 1. The maximum Gasteiger partial charge on any atom is 0.261 e. The molecule has 0 bridgehead atoms.